The van der Waals surface area contributed by atoms with Gasteiger partial charge in [0, 0.05) is 12.1 Å². The second-order valence-corrected chi connectivity index (χ2v) is 6.94. The van der Waals surface area contributed by atoms with E-state index >= 15 is 0 Å². The molecule has 116 valence electrons. The van der Waals surface area contributed by atoms with Crippen LogP contribution in [0.1, 0.15) is 11.1 Å². The molecule has 0 aromatic heterocycles. The molecule has 0 radical (unpaired) electrons. The maximum absolute atomic E-state index is 12.1. The van der Waals surface area contributed by atoms with Gasteiger partial charge in [0.15, 0.2) is 0 Å². The summed E-state index contributed by atoms with van der Waals surface area (Å²) in [6, 6.07) is 6.94. The molecule has 1 fully saturated rings. The average Bonchev–Trinajstić information content (AvgIpc) is 2.46. The lowest BCUT2D eigenvalue weighted by molar-refractivity contribution is -0.0847. The Balaban J connectivity index is 1.99. The minimum atomic E-state index is -3.49. The van der Waals surface area contributed by atoms with Crippen molar-refractivity contribution in [2.45, 2.75) is 11.9 Å². The topological polar surface area (TPSA) is 90.7 Å². The van der Waals surface area contributed by atoms with Crippen LogP contribution in [-0.2, 0) is 25.2 Å². The summed E-state index contributed by atoms with van der Waals surface area (Å²) in [7, 11) is -3.49. The van der Waals surface area contributed by atoms with E-state index in [9.17, 15) is 8.42 Å². The molecule has 0 saturated carbocycles. The van der Waals surface area contributed by atoms with Gasteiger partial charge in [0.25, 0.3) is 0 Å². The van der Waals surface area contributed by atoms with E-state index in [0.29, 0.717) is 30.9 Å². The van der Waals surface area contributed by atoms with Gasteiger partial charge < -0.3 is 15.2 Å². The Kier molecular flexibility index (Phi) is 5.65. The summed E-state index contributed by atoms with van der Waals surface area (Å²) < 4.78 is 37.4. The average molecular weight is 330 g/mol. The summed E-state index contributed by atoms with van der Waals surface area (Å²) in [5, 5.41) is 0. The van der Waals surface area contributed by atoms with E-state index in [-0.39, 0.29) is 23.4 Å². The van der Waals surface area contributed by atoms with Gasteiger partial charge >= 0.3 is 0 Å². The molecule has 1 heterocycles. The smallest absolute Gasteiger partial charge is 0.215 e. The number of hydrogen-bond donors (Lipinski definition) is 2. The number of hydrogen-bond acceptors (Lipinski definition) is 5. The molecule has 21 heavy (non-hydrogen) atoms. The molecule has 0 bridgehead atoms. The molecule has 0 spiro atoms. The fraction of sp³-hybridized carbons (Fsp3) is 0.462. The van der Waals surface area contributed by atoms with Crippen LogP contribution in [-0.4, -0.2) is 45.9 Å². The molecule has 1 unspecified atom stereocenters. The Morgan fingerprint density at radius 2 is 2.14 bits per heavy atom. The van der Waals surface area contributed by atoms with E-state index in [2.05, 4.69) is 4.72 Å². The van der Waals surface area contributed by atoms with E-state index in [0.717, 1.165) is 0 Å². The minimum Gasteiger partial charge on any atom is -0.389 e. The van der Waals surface area contributed by atoms with E-state index < -0.39 is 10.0 Å². The highest BCUT2D eigenvalue weighted by Crippen LogP contribution is 2.12. The van der Waals surface area contributed by atoms with Gasteiger partial charge in [-0.15, -0.1) is 0 Å². The second kappa shape index (κ2) is 7.28. The first-order valence-electron chi connectivity index (χ1n) is 6.52. The van der Waals surface area contributed by atoms with Gasteiger partial charge in [-0.25, -0.2) is 13.1 Å². The van der Waals surface area contributed by atoms with Crippen LogP contribution in [0.3, 0.4) is 0 Å². The van der Waals surface area contributed by atoms with Crippen molar-refractivity contribution in [3.8, 4) is 0 Å². The summed E-state index contributed by atoms with van der Waals surface area (Å²) in [6.45, 7) is 1.62. The summed E-state index contributed by atoms with van der Waals surface area (Å²) >= 11 is 4.93. The molecule has 1 aliphatic heterocycles. The highest BCUT2D eigenvalue weighted by Gasteiger charge is 2.19. The number of nitrogens with one attached hydrogen (secondary N) is 1. The molecule has 1 aromatic rings. The number of ether oxygens (including phenoxy) is 2. The molecule has 0 aliphatic carbocycles. The lowest BCUT2D eigenvalue weighted by Crippen LogP contribution is -2.40. The lowest BCUT2D eigenvalue weighted by Gasteiger charge is -2.23. The Hall–Kier alpha value is -1.06. The van der Waals surface area contributed by atoms with Crippen molar-refractivity contribution in [3.05, 3.63) is 35.4 Å². The van der Waals surface area contributed by atoms with Crippen LogP contribution in [0.5, 0.6) is 0 Å². The zero-order valence-corrected chi connectivity index (χ0v) is 13.1. The first kappa shape index (κ1) is 16.3. The van der Waals surface area contributed by atoms with Crippen molar-refractivity contribution in [1.82, 2.24) is 4.72 Å². The third-order valence-corrected chi connectivity index (χ3v) is 4.56. The Labute approximate surface area is 129 Å². The molecular formula is C13H18N2O4S2. The van der Waals surface area contributed by atoms with Gasteiger partial charge in [-0.3, -0.25) is 0 Å². The predicted octanol–water partition coefficient (Wildman–Crippen LogP) is 0.156. The number of thiocarbonyl (C=S) groups is 1. The monoisotopic (exact) mass is 330 g/mol. The quantitative estimate of drug-likeness (QED) is 0.722. The number of nitrogens with two attached hydrogens (primary N) is 1. The van der Waals surface area contributed by atoms with Crippen LogP contribution in [0.15, 0.2) is 24.3 Å². The third-order valence-electron chi connectivity index (χ3n) is 3.04. The summed E-state index contributed by atoms with van der Waals surface area (Å²) in [6.07, 6.45) is -0.251. The van der Waals surface area contributed by atoms with E-state index in [1.807, 2.05) is 0 Å². The van der Waals surface area contributed by atoms with Crippen LogP contribution in [0.25, 0.3) is 0 Å². The van der Waals surface area contributed by atoms with Crippen LogP contribution < -0.4 is 10.5 Å². The summed E-state index contributed by atoms with van der Waals surface area (Å²) in [5.41, 5.74) is 6.76. The Morgan fingerprint density at radius 3 is 2.81 bits per heavy atom. The third kappa shape index (κ3) is 5.01. The molecule has 0 amide bonds. The van der Waals surface area contributed by atoms with Crippen LogP contribution in [0.2, 0.25) is 0 Å². The van der Waals surface area contributed by atoms with E-state index in [4.69, 9.17) is 27.4 Å². The van der Waals surface area contributed by atoms with Gasteiger partial charge in [-0.1, -0.05) is 36.5 Å². The zero-order chi connectivity index (χ0) is 15.3. The fourth-order valence-corrected chi connectivity index (χ4v) is 3.42. The highest BCUT2D eigenvalue weighted by molar-refractivity contribution is 7.88. The number of sulfonamides is 1. The SMILES string of the molecule is NC(=S)c1ccccc1CS(=O)(=O)NCC1COCCO1. The van der Waals surface area contributed by atoms with Crippen molar-refractivity contribution in [2.24, 2.45) is 5.73 Å². The maximum atomic E-state index is 12.1. The Bertz CT molecular complexity index is 598. The lowest BCUT2D eigenvalue weighted by atomic mass is 10.1. The van der Waals surface area contributed by atoms with Crippen molar-refractivity contribution in [3.63, 3.8) is 0 Å². The van der Waals surface area contributed by atoms with Crippen molar-refractivity contribution < 1.29 is 17.9 Å². The maximum Gasteiger partial charge on any atom is 0.215 e. The normalized spacial score (nSPS) is 19.3. The number of rotatable bonds is 6. The van der Waals surface area contributed by atoms with Crippen LogP contribution >= 0.6 is 12.2 Å². The molecule has 1 aromatic carbocycles. The Morgan fingerprint density at radius 1 is 1.38 bits per heavy atom. The summed E-state index contributed by atoms with van der Waals surface area (Å²) in [4.78, 5) is 0.185. The van der Waals surface area contributed by atoms with Gasteiger partial charge in [0.05, 0.1) is 31.7 Å². The molecule has 2 rings (SSSR count). The largest absolute Gasteiger partial charge is 0.389 e. The molecule has 6 nitrogen and oxygen atoms in total. The second-order valence-electron chi connectivity index (χ2n) is 4.70. The zero-order valence-electron chi connectivity index (χ0n) is 11.4. The van der Waals surface area contributed by atoms with E-state index in [1.54, 1.807) is 24.3 Å². The van der Waals surface area contributed by atoms with Gasteiger partial charge in [-0.2, -0.15) is 0 Å². The molecule has 3 N–H and O–H groups in total. The van der Waals surface area contributed by atoms with Crippen LogP contribution in [0.4, 0.5) is 0 Å². The summed E-state index contributed by atoms with van der Waals surface area (Å²) in [5.74, 6) is -0.173. The molecule has 1 saturated heterocycles. The van der Waals surface area contributed by atoms with Crippen molar-refractivity contribution >= 4 is 27.2 Å². The van der Waals surface area contributed by atoms with E-state index in [1.165, 1.54) is 0 Å². The first-order chi connectivity index (χ1) is 9.98. The fourth-order valence-electron chi connectivity index (χ4n) is 2.02. The van der Waals surface area contributed by atoms with Gasteiger partial charge in [-0.05, 0) is 5.56 Å². The predicted molar refractivity (Wildman–Crippen MR) is 83.5 cm³/mol. The molecule has 8 heteroatoms. The van der Waals surface area contributed by atoms with Gasteiger partial charge in [0.2, 0.25) is 10.0 Å². The van der Waals surface area contributed by atoms with Crippen molar-refractivity contribution in [1.29, 1.82) is 0 Å². The molecule has 1 atom stereocenters. The van der Waals surface area contributed by atoms with Gasteiger partial charge in [0.1, 0.15) is 4.99 Å². The standard InChI is InChI=1S/C13H18N2O4S2/c14-13(20)12-4-2-1-3-10(12)9-21(16,17)15-7-11-8-18-5-6-19-11/h1-4,11,15H,5-9H2,(H2,14,20). The first-order valence-corrected chi connectivity index (χ1v) is 8.58. The van der Waals surface area contributed by atoms with Crippen molar-refractivity contribution in [2.75, 3.05) is 26.4 Å². The van der Waals surface area contributed by atoms with Crippen LogP contribution in [0, 0.1) is 0 Å². The minimum absolute atomic E-state index is 0.173. The highest BCUT2D eigenvalue weighted by atomic mass is 32.2. The number of benzene rings is 1. The molecule has 1 aliphatic rings. The molecular weight excluding hydrogens is 312 g/mol.